The summed E-state index contributed by atoms with van der Waals surface area (Å²) in [6, 6.07) is 1.30. The number of nitrogens with one attached hydrogen (secondary N) is 1. The van der Waals surface area contributed by atoms with Gasteiger partial charge in [0.2, 0.25) is 0 Å². The van der Waals surface area contributed by atoms with Crippen LogP contribution in [0.4, 0.5) is 0 Å². The first-order valence-corrected chi connectivity index (χ1v) is 2.79. The average Bonchev–Trinajstić information content (AvgIpc) is 1.82. The second kappa shape index (κ2) is 2.21. The number of H-pyrrole nitrogens is 1. The molecular formula is C6H6BNO2. The molecular weight excluding hydrogens is 129 g/mol. The van der Waals surface area contributed by atoms with Crippen LogP contribution in [0.3, 0.4) is 0 Å². The zero-order valence-corrected chi connectivity index (χ0v) is 5.51. The smallest absolute Gasteiger partial charge is 0.254 e. The van der Waals surface area contributed by atoms with Crippen LogP contribution in [0.1, 0.15) is 5.56 Å². The standard InChI is InChI=1S/C6H6BNO2/c1-3-4(9)2-5(7)8-6(3)10/h2H,1H3,(H2,8,9,10). The number of aromatic nitrogens is 1. The van der Waals surface area contributed by atoms with E-state index in [-0.39, 0.29) is 22.5 Å². The molecule has 0 saturated heterocycles. The number of hydrogen-bond acceptors (Lipinski definition) is 2. The van der Waals surface area contributed by atoms with Gasteiger partial charge in [0.05, 0.1) is 5.56 Å². The molecule has 10 heavy (non-hydrogen) atoms. The van der Waals surface area contributed by atoms with Crippen molar-refractivity contribution in [2.45, 2.75) is 6.92 Å². The van der Waals surface area contributed by atoms with Crippen molar-refractivity contribution < 1.29 is 5.11 Å². The Morgan fingerprint density at radius 3 is 2.80 bits per heavy atom. The van der Waals surface area contributed by atoms with E-state index in [9.17, 15) is 4.79 Å². The van der Waals surface area contributed by atoms with Crippen molar-refractivity contribution >= 4 is 13.4 Å². The second-order valence-electron chi connectivity index (χ2n) is 2.06. The Balaban J connectivity index is 3.46. The molecule has 0 spiro atoms. The van der Waals surface area contributed by atoms with Gasteiger partial charge in [0.15, 0.2) is 0 Å². The molecule has 0 aliphatic rings. The predicted octanol–water partition coefficient (Wildman–Crippen LogP) is -0.817. The maximum Gasteiger partial charge on any atom is 0.254 e. The molecule has 50 valence electrons. The normalized spacial score (nSPS) is 9.70. The summed E-state index contributed by atoms with van der Waals surface area (Å²) in [5, 5.41) is 8.98. The zero-order chi connectivity index (χ0) is 7.72. The van der Waals surface area contributed by atoms with Crippen molar-refractivity contribution in [1.29, 1.82) is 0 Å². The highest BCUT2D eigenvalue weighted by atomic mass is 16.3. The third-order valence-corrected chi connectivity index (χ3v) is 1.27. The summed E-state index contributed by atoms with van der Waals surface area (Å²) in [7, 11) is 5.21. The molecule has 0 fully saturated rings. The first-order valence-electron chi connectivity index (χ1n) is 2.79. The number of aromatic hydroxyl groups is 1. The van der Waals surface area contributed by atoms with Gasteiger partial charge in [-0.25, -0.2) is 0 Å². The van der Waals surface area contributed by atoms with Crippen molar-refractivity contribution in [3.8, 4) is 5.75 Å². The van der Waals surface area contributed by atoms with Gasteiger partial charge in [0.25, 0.3) is 5.56 Å². The summed E-state index contributed by atoms with van der Waals surface area (Å²) in [6.45, 7) is 1.52. The van der Waals surface area contributed by atoms with Gasteiger partial charge < -0.3 is 10.1 Å². The van der Waals surface area contributed by atoms with E-state index >= 15 is 0 Å². The first-order chi connectivity index (χ1) is 4.61. The quantitative estimate of drug-likeness (QED) is 0.456. The molecule has 0 amide bonds. The Morgan fingerprint density at radius 1 is 1.70 bits per heavy atom. The lowest BCUT2D eigenvalue weighted by Gasteiger charge is -1.97. The van der Waals surface area contributed by atoms with E-state index < -0.39 is 0 Å². The van der Waals surface area contributed by atoms with E-state index in [4.69, 9.17) is 13.0 Å². The minimum atomic E-state index is -0.350. The topological polar surface area (TPSA) is 53.1 Å². The van der Waals surface area contributed by atoms with Gasteiger partial charge in [-0.05, 0) is 18.6 Å². The summed E-state index contributed by atoms with van der Waals surface area (Å²) in [4.78, 5) is 13.1. The maximum absolute atomic E-state index is 10.8. The second-order valence-corrected chi connectivity index (χ2v) is 2.06. The molecule has 2 radical (unpaired) electrons. The monoisotopic (exact) mass is 135 g/mol. The van der Waals surface area contributed by atoms with E-state index in [2.05, 4.69) is 4.98 Å². The Morgan fingerprint density at radius 2 is 2.30 bits per heavy atom. The SMILES string of the molecule is [B]c1cc(O)c(C)c(=O)[nH]1. The lowest BCUT2D eigenvalue weighted by molar-refractivity contribution is 0.470. The zero-order valence-electron chi connectivity index (χ0n) is 5.51. The Bertz CT molecular complexity index is 305. The summed E-state index contributed by atoms with van der Waals surface area (Å²) in [5.41, 5.74) is 0.111. The molecule has 1 aromatic rings. The fourth-order valence-electron chi connectivity index (χ4n) is 0.633. The number of rotatable bonds is 0. The van der Waals surface area contributed by atoms with Crippen LogP contribution in [-0.4, -0.2) is 17.9 Å². The Kier molecular flexibility index (Phi) is 1.53. The number of pyridine rings is 1. The van der Waals surface area contributed by atoms with E-state index in [1.54, 1.807) is 0 Å². The summed E-state index contributed by atoms with van der Waals surface area (Å²) >= 11 is 0. The fraction of sp³-hybridized carbons (Fsp3) is 0.167. The molecule has 1 aromatic heterocycles. The van der Waals surface area contributed by atoms with Crippen LogP contribution in [0.15, 0.2) is 10.9 Å². The van der Waals surface area contributed by atoms with Crippen molar-refractivity contribution in [2.75, 3.05) is 0 Å². The summed E-state index contributed by atoms with van der Waals surface area (Å²) < 4.78 is 0. The molecule has 0 aliphatic heterocycles. The molecule has 1 heterocycles. The minimum absolute atomic E-state index is 0.0683. The van der Waals surface area contributed by atoms with Gasteiger partial charge in [0.1, 0.15) is 13.6 Å². The van der Waals surface area contributed by atoms with Gasteiger partial charge in [-0.3, -0.25) is 4.79 Å². The Hall–Kier alpha value is -1.19. The largest absolute Gasteiger partial charge is 0.507 e. The van der Waals surface area contributed by atoms with E-state index in [1.165, 1.54) is 13.0 Å². The van der Waals surface area contributed by atoms with Gasteiger partial charge in [-0.1, -0.05) is 0 Å². The molecule has 0 atom stereocenters. The van der Waals surface area contributed by atoms with Crippen molar-refractivity contribution in [1.82, 2.24) is 4.98 Å². The highest BCUT2D eigenvalue weighted by molar-refractivity contribution is 6.30. The third kappa shape index (κ3) is 1.05. The first kappa shape index (κ1) is 6.93. The highest BCUT2D eigenvalue weighted by Gasteiger charge is 1.99. The Labute approximate surface area is 59.1 Å². The van der Waals surface area contributed by atoms with Gasteiger partial charge in [0, 0.05) is 0 Å². The molecule has 0 saturated carbocycles. The van der Waals surface area contributed by atoms with Crippen molar-refractivity contribution in [3.05, 3.63) is 22.0 Å². The molecule has 3 nitrogen and oxygen atoms in total. The highest BCUT2D eigenvalue weighted by Crippen LogP contribution is 2.05. The van der Waals surface area contributed by atoms with Gasteiger partial charge in [-0.2, -0.15) is 0 Å². The lowest BCUT2D eigenvalue weighted by Crippen LogP contribution is -2.21. The molecule has 2 N–H and O–H groups in total. The predicted molar refractivity (Wildman–Crippen MR) is 38.9 cm³/mol. The summed E-state index contributed by atoms with van der Waals surface area (Å²) in [6.07, 6.45) is 0. The van der Waals surface area contributed by atoms with Crippen LogP contribution >= 0.6 is 0 Å². The lowest BCUT2D eigenvalue weighted by atomic mass is 10.0. The molecule has 0 aliphatic carbocycles. The van der Waals surface area contributed by atoms with E-state index in [0.717, 1.165) is 0 Å². The average molecular weight is 135 g/mol. The van der Waals surface area contributed by atoms with Crippen LogP contribution < -0.4 is 11.2 Å². The molecule has 0 bridgehead atoms. The van der Waals surface area contributed by atoms with Crippen LogP contribution in [0.2, 0.25) is 0 Å². The van der Waals surface area contributed by atoms with Gasteiger partial charge in [-0.15, -0.1) is 0 Å². The van der Waals surface area contributed by atoms with Crippen molar-refractivity contribution in [3.63, 3.8) is 0 Å². The van der Waals surface area contributed by atoms with Crippen LogP contribution in [0, 0.1) is 6.92 Å². The van der Waals surface area contributed by atoms with Crippen LogP contribution in [0.5, 0.6) is 5.75 Å². The molecule has 0 aromatic carbocycles. The van der Waals surface area contributed by atoms with Crippen LogP contribution in [-0.2, 0) is 0 Å². The minimum Gasteiger partial charge on any atom is -0.507 e. The maximum atomic E-state index is 10.8. The molecule has 0 unspecified atom stereocenters. The number of aromatic amines is 1. The fourth-order valence-corrected chi connectivity index (χ4v) is 0.633. The van der Waals surface area contributed by atoms with Crippen LogP contribution in [0.25, 0.3) is 0 Å². The van der Waals surface area contributed by atoms with Crippen molar-refractivity contribution in [2.24, 2.45) is 0 Å². The molecule has 4 heteroatoms. The number of hydrogen-bond donors (Lipinski definition) is 2. The third-order valence-electron chi connectivity index (χ3n) is 1.27. The van der Waals surface area contributed by atoms with E-state index in [0.29, 0.717) is 0 Å². The summed E-state index contributed by atoms with van der Waals surface area (Å²) in [5.74, 6) is -0.0683. The molecule has 1 rings (SSSR count). The van der Waals surface area contributed by atoms with E-state index in [1.807, 2.05) is 0 Å². The van der Waals surface area contributed by atoms with Gasteiger partial charge >= 0.3 is 0 Å².